The van der Waals surface area contributed by atoms with Crippen LogP contribution in [0.3, 0.4) is 0 Å². The molecule has 7 heteroatoms. The molecule has 0 unspecified atom stereocenters. The van der Waals surface area contributed by atoms with Gasteiger partial charge in [-0.1, -0.05) is 6.07 Å². The van der Waals surface area contributed by atoms with Gasteiger partial charge in [0.05, 0.1) is 22.5 Å². The van der Waals surface area contributed by atoms with E-state index in [0.717, 1.165) is 0 Å². The molecule has 2 N–H and O–H groups in total. The Morgan fingerprint density at radius 1 is 1.16 bits per heavy atom. The van der Waals surface area contributed by atoms with Gasteiger partial charge in [-0.15, -0.1) is 0 Å². The number of benzene rings is 1. The second-order valence-corrected chi connectivity index (χ2v) is 5.05. The molecular weight excluding hydrogens is 266 g/mol. The number of hydrogen-bond acceptors (Lipinski definition) is 5. The maximum atomic E-state index is 10.8. The summed E-state index contributed by atoms with van der Waals surface area (Å²) in [6.07, 6.45) is 3.19. The van der Waals surface area contributed by atoms with Crippen LogP contribution in [0.4, 0.5) is 5.69 Å². The molecule has 98 valence electrons. The van der Waals surface area contributed by atoms with Gasteiger partial charge in [-0.05, 0) is 36.4 Å². The minimum absolute atomic E-state index is 0.160. The van der Waals surface area contributed by atoms with Crippen molar-refractivity contribution in [3.05, 3.63) is 54.4 Å². The summed E-state index contributed by atoms with van der Waals surface area (Å²) in [5.41, 5.74) is 4.02. The lowest BCUT2D eigenvalue weighted by Crippen LogP contribution is -1.98. The Hall–Kier alpha value is -2.25. The molecule has 2 aromatic rings. The molecule has 0 saturated heterocycles. The van der Waals surface area contributed by atoms with Crippen molar-refractivity contribution in [3.8, 4) is 0 Å². The van der Waals surface area contributed by atoms with Crippen LogP contribution in [0.25, 0.3) is 0 Å². The van der Waals surface area contributed by atoms with Crippen molar-refractivity contribution >= 4 is 22.0 Å². The maximum absolute atomic E-state index is 10.8. The second kappa shape index (κ2) is 5.59. The molecule has 0 aliphatic carbocycles. The normalized spacial score (nSPS) is 11.6. The third kappa shape index (κ3) is 3.87. The van der Waals surface area contributed by atoms with E-state index in [9.17, 15) is 8.42 Å². The van der Waals surface area contributed by atoms with Gasteiger partial charge in [0.1, 0.15) is 0 Å². The second-order valence-electron chi connectivity index (χ2n) is 3.62. The summed E-state index contributed by atoms with van der Waals surface area (Å²) < 4.78 is 30.5. The molecule has 0 amide bonds. The van der Waals surface area contributed by atoms with Crippen LogP contribution < -0.4 is 5.43 Å². The topological polar surface area (TPSA) is 91.7 Å². The Morgan fingerprint density at radius 3 is 2.47 bits per heavy atom. The first-order valence-electron chi connectivity index (χ1n) is 5.33. The number of aromatic nitrogens is 1. The molecule has 0 bridgehead atoms. The van der Waals surface area contributed by atoms with Crippen LogP contribution in [-0.4, -0.2) is 24.2 Å². The van der Waals surface area contributed by atoms with E-state index >= 15 is 0 Å². The summed E-state index contributed by atoms with van der Waals surface area (Å²) >= 11 is 0. The van der Waals surface area contributed by atoms with Gasteiger partial charge in [-0.25, -0.2) is 0 Å². The highest BCUT2D eigenvalue weighted by Gasteiger charge is 2.07. The molecular formula is C12H11N3O3S. The number of hydrazone groups is 1. The molecule has 0 aliphatic rings. The number of nitrogens with zero attached hydrogens (tertiary/aromatic N) is 2. The van der Waals surface area contributed by atoms with E-state index < -0.39 is 10.1 Å². The third-order valence-electron chi connectivity index (χ3n) is 2.23. The number of pyridine rings is 1. The number of anilines is 1. The smallest absolute Gasteiger partial charge is 0.282 e. The first kappa shape index (κ1) is 13.2. The summed E-state index contributed by atoms with van der Waals surface area (Å²) in [6.45, 7) is 0. The largest absolute Gasteiger partial charge is 0.294 e. The van der Waals surface area contributed by atoms with Gasteiger partial charge in [0.15, 0.2) is 0 Å². The van der Waals surface area contributed by atoms with E-state index in [-0.39, 0.29) is 4.90 Å². The summed E-state index contributed by atoms with van der Waals surface area (Å²) in [7, 11) is -4.16. The van der Waals surface area contributed by atoms with E-state index in [1.807, 2.05) is 6.07 Å². The highest BCUT2D eigenvalue weighted by molar-refractivity contribution is 7.85. The van der Waals surface area contributed by atoms with Crippen molar-refractivity contribution in [1.82, 2.24) is 4.98 Å². The summed E-state index contributed by atoms with van der Waals surface area (Å²) in [4.78, 5) is 3.89. The zero-order valence-corrected chi connectivity index (χ0v) is 10.6. The van der Waals surface area contributed by atoms with Crippen molar-refractivity contribution in [2.45, 2.75) is 4.90 Å². The summed E-state index contributed by atoms with van der Waals surface area (Å²) in [5.74, 6) is 0. The van der Waals surface area contributed by atoms with Gasteiger partial charge in [0.2, 0.25) is 0 Å². The molecule has 2 rings (SSSR count). The number of nitrogens with one attached hydrogen (secondary N) is 1. The lowest BCUT2D eigenvalue weighted by atomic mass is 10.3. The zero-order valence-electron chi connectivity index (χ0n) is 9.76. The molecule has 0 radical (unpaired) electrons. The number of hydrogen-bond donors (Lipinski definition) is 2. The van der Waals surface area contributed by atoms with E-state index in [4.69, 9.17) is 4.55 Å². The fourth-order valence-corrected chi connectivity index (χ4v) is 1.81. The lowest BCUT2D eigenvalue weighted by molar-refractivity contribution is 0.483. The van der Waals surface area contributed by atoms with Crippen LogP contribution in [0.1, 0.15) is 5.69 Å². The minimum atomic E-state index is -4.16. The molecule has 0 aliphatic heterocycles. The Labute approximate surface area is 110 Å². The Balaban J connectivity index is 2.03. The average Bonchev–Trinajstić information content (AvgIpc) is 2.39. The minimum Gasteiger partial charge on any atom is -0.282 e. The standard InChI is InChI=1S/C12H11N3O3S/c16-19(17,18)12-6-4-10(5-7-12)15-14-9-11-3-1-2-8-13-11/h1-9,15H,(H,16,17,18). The van der Waals surface area contributed by atoms with E-state index in [1.54, 1.807) is 18.3 Å². The molecule has 0 atom stereocenters. The van der Waals surface area contributed by atoms with E-state index in [0.29, 0.717) is 11.4 Å². The van der Waals surface area contributed by atoms with E-state index in [2.05, 4.69) is 15.5 Å². The molecule has 0 spiro atoms. The summed E-state index contributed by atoms with van der Waals surface area (Å²) in [5, 5.41) is 3.95. The van der Waals surface area contributed by atoms with Gasteiger partial charge in [0, 0.05) is 6.20 Å². The molecule has 0 saturated carbocycles. The fraction of sp³-hybridized carbons (Fsp3) is 0. The molecule has 1 heterocycles. The van der Waals surface area contributed by atoms with Crippen molar-refractivity contribution in [2.24, 2.45) is 5.10 Å². The predicted molar refractivity (Wildman–Crippen MR) is 71.7 cm³/mol. The molecule has 0 fully saturated rings. The van der Waals surface area contributed by atoms with Crippen LogP contribution >= 0.6 is 0 Å². The first-order valence-corrected chi connectivity index (χ1v) is 6.77. The molecule has 6 nitrogen and oxygen atoms in total. The van der Waals surface area contributed by atoms with Crippen molar-refractivity contribution in [3.63, 3.8) is 0 Å². The van der Waals surface area contributed by atoms with Gasteiger partial charge >= 0.3 is 0 Å². The highest BCUT2D eigenvalue weighted by Crippen LogP contribution is 2.13. The van der Waals surface area contributed by atoms with Crippen LogP contribution in [0.2, 0.25) is 0 Å². The molecule has 1 aromatic heterocycles. The van der Waals surface area contributed by atoms with Crippen LogP contribution in [0.15, 0.2) is 58.7 Å². The Bertz CT molecular complexity index is 667. The van der Waals surface area contributed by atoms with Gasteiger partial charge in [0.25, 0.3) is 10.1 Å². The zero-order chi connectivity index (χ0) is 13.7. The molecule has 19 heavy (non-hydrogen) atoms. The van der Waals surface area contributed by atoms with Crippen molar-refractivity contribution in [2.75, 3.05) is 5.43 Å². The monoisotopic (exact) mass is 277 g/mol. The SMILES string of the molecule is O=S(=O)(O)c1ccc(NN=Cc2ccccn2)cc1. The van der Waals surface area contributed by atoms with Crippen LogP contribution in [-0.2, 0) is 10.1 Å². The Kier molecular flexibility index (Phi) is 3.88. The predicted octanol–water partition coefficient (Wildman–Crippen LogP) is 1.77. The summed E-state index contributed by atoms with van der Waals surface area (Å²) in [6, 6.07) is 11.0. The maximum Gasteiger partial charge on any atom is 0.294 e. The molecule has 1 aromatic carbocycles. The van der Waals surface area contributed by atoms with Crippen molar-refractivity contribution in [1.29, 1.82) is 0 Å². The highest BCUT2D eigenvalue weighted by atomic mass is 32.2. The quantitative estimate of drug-likeness (QED) is 0.505. The fourth-order valence-electron chi connectivity index (χ4n) is 1.33. The van der Waals surface area contributed by atoms with E-state index in [1.165, 1.54) is 30.5 Å². The van der Waals surface area contributed by atoms with Crippen molar-refractivity contribution < 1.29 is 13.0 Å². The van der Waals surface area contributed by atoms with Gasteiger partial charge in [-0.3, -0.25) is 15.0 Å². The van der Waals surface area contributed by atoms with Gasteiger partial charge < -0.3 is 0 Å². The average molecular weight is 277 g/mol. The third-order valence-corrected chi connectivity index (χ3v) is 3.10. The lowest BCUT2D eigenvalue weighted by Gasteiger charge is -2.01. The first-order chi connectivity index (χ1) is 9.05. The van der Waals surface area contributed by atoms with Crippen LogP contribution in [0, 0.1) is 0 Å². The Morgan fingerprint density at radius 2 is 1.89 bits per heavy atom. The van der Waals surface area contributed by atoms with Gasteiger partial charge in [-0.2, -0.15) is 13.5 Å². The van der Waals surface area contributed by atoms with Crippen LogP contribution in [0.5, 0.6) is 0 Å². The number of rotatable bonds is 4.